The Morgan fingerprint density at radius 2 is 1.80 bits per heavy atom. The van der Waals surface area contributed by atoms with Crippen molar-refractivity contribution >= 4 is 21.6 Å². The second-order valence-electron chi connectivity index (χ2n) is 2.96. The summed E-state index contributed by atoms with van der Waals surface area (Å²) in [7, 11) is -3.21. The maximum atomic E-state index is 11.4. The number of aromatic hydroxyl groups is 1. The highest BCUT2D eigenvalue weighted by Crippen LogP contribution is 2.34. The third kappa shape index (κ3) is 2.24. The van der Waals surface area contributed by atoms with Crippen LogP contribution in [-0.4, -0.2) is 13.5 Å². The molecular formula is C10H8O3S2. The molecule has 0 saturated carbocycles. The summed E-state index contributed by atoms with van der Waals surface area (Å²) in [5.41, 5.74) is 0. The predicted molar refractivity (Wildman–Crippen MR) is 60.1 cm³/mol. The van der Waals surface area contributed by atoms with E-state index in [4.69, 9.17) is 5.11 Å². The molecule has 0 radical (unpaired) electrons. The van der Waals surface area contributed by atoms with Gasteiger partial charge >= 0.3 is 0 Å². The molecule has 0 fully saturated rings. The van der Waals surface area contributed by atoms with Gasteiger partial charge in [0.15, 0.2) is 0 Å². The molecule has 1 aliphatic rings. The molecule has 78 valence electrons. The lowest BCUT2D eigenvalue weighted by molar-refractivity contribution is 0.475. The fourth-order valence-corrected chi connectivity index (χ4v) is 3.36. The molecule has 1 heterocycles. The van der Waals surface area contributed by atoms with Crippen molar-refractivity contribution in [3.63, 3.8) is 0 Å². The molecule has 1 aromatic rings. The van der Waals surface area contributed by atoms with Crippen LogP contribution in [-0.2, 0) is 9.84 Å². The Morgan fingerprint density at radius 1 is 1.13 bits per heavy atom. The highest BCUT2D eigenvalue weighted by Gasteiger charge is 2.18. The molecule has 1 aromatic carbocycles. The molecule has 0 amide bonds. The van der Waals surface area contributed by atoms with E-state index < -0.39 is 9.84 Å². The van der Waals surface area contributed by atoms with E-state index in [-0.39, 0.29) is 5.75 Å². The Morgan fingerprint density at radius 3 is 2.33 bits per heavy atom. The molecule has 3 nitrogen and oxygen atoms in total. The summed E-state index contributed by atoms with van der Waals surface area (Å²) in [4.78, 5) is 0.784. The molecular weight excluding hydrogens is 232 g/mol. The minimum Gasteiger partial charge on any atom is -0.508 e. The molecule has 0 aromatic heterocycles. The summed E-state index contributed by atoms with van der Waals surface area (Å²) < 4.78 is 23.1. The summed E-state index contributed by atoms with van der Waals surface area (Å²) in [5, 5.41) is 10.2. The predicted octanol–water partition coefficient (Wildman–Crippen LogP) is 2.27. The van der Waals surface area contributed by atoms with Crippen molar-refractivity contribution in [1.82, 2.24) is 0 Å². The number of phenols is 1. The van der Waals surface area contributed by atoms with Crippen LogP contribution in [0.1, 0.15) is 0 Å². The van der Waals surface area contributed by atoms with Crippen LogP contribution < -0.4 is 0 Å². The van der Waals surface area contributed by atoms with Gasteiger partial charge in [0.1, 0.15) is 9.99 Å². The Hall–Kier alpha value is -1.20. The largest absolute Gasteiger partial charge is 0.508 e. The van der Waals surface area contributed by atoms with Crippen LogP contribution in [0.5, 0.6) is 5.75 Å². The summed E-state index contributed by atoms with van der Waals surface area (Å²) in [5.74, 6) is 0.167. The quantitative estimate of drug-likeness (QED) is 0.861. The maximum Gasteiger partial charge on any atom is 0.206 e. The van der Waals surface area contributed by atoms with Crippen molar-refractivity contribution < 1.29 is 13.5 Å². The van der Waals surface area contributed by atoms with Crippen LogP contribution in [0.15, 0.2) is 51.0 Å². The van der Waals surface area contributed by atoms with E-state index in [2.05, 4.69) is 0 Å². The Bertz CT molecular complexity index is 524. The minimum atomic E-state index is -3.21. The van der Waals surface area contributed by atoms with Crippen LogP contribution in [0.3, 0.4) is 0 Å². The van der Waals surface area contributed by atoms with Crippen LogP contribution in [0.2, 0.25) is 0 Å². The number of phenolic OH excluding ortho intramolecular Hbond substituents is 1. The van der Waals surface area contributed by atoms with Gasteiger partial charge in [-0.2, -0.15) is 0 Å². The lowest BCUT2D eigenvalue weighted by atomic mass is 10.3. The molecule has 0 atom stereocenters. The zero-order valence-corrected chi connectivity index (χ0v) is 9.25. The summed E-state index contributed by atoms with van der Waals surface area (Å²) in [6.07, 6.45) is 3.07. The number of rotatable bonds is 2. The van der Waals surface area contributed by atoms with Crippen molar-refractivity contribution in [3.8, 4) is 5.75 Å². The van der Waals surface area contributed by atoms with Crippen molar-refractivity contribution in [2.75, 3.05) is 0 Å². The fourth-order valence-electron chi connectivity index (χ4n) is 1.11. The number of sulfone groups is 1. The molecule has 0 saturated heterocycles. The van der Waals surface area contributed by atoms with E-state index in [0.717, 1.165) is 4.90 Å². The number of hydrogen-bond donors (Lipinski definition) is 1. The minimum absolute atomic E-state index is 0.167. The normalized spacial score (nSPS) is 17.7. The van der Waals surface area contributed by atoms with Crippen molar-refractivity contribution in [3.05, 3.63) is 46.1 Å². The van der Waals surface area contributed by atoms with Gasteiger partial charge in [-0.05, 0) is 36.4 Å². The lowest BCUT2D eigenvalue weighted by Gasteiger charge is -2.01. The average Bonchev–Trinajstić information content (AvgIpc) is 2.50. The van der Waals surface area contributed by atoms with Gasteiger partial charge in [-0.1, -0.05) is 11.8 Å². The number of allylic oxidation sites excluding steroid dienone is 2. The molecule has 1 aliphatic heterocycles. The summed E-state index contributed by atoms with van der Waals surface area (Å²) >= 11 is 1.17. The van der Waals surface area contributed by atoms with Gasteiger partial charge in [-0.25, -0.2) is 8.42 Å². The number of hydrogen-bond acceptors (Lipinski definition) is 4. The van der Waals surface area contributed by atoms with E-state index in [9.17, 15) is 8.42 Å². The molecule has 0 bridgehead atoms. The van der Waals surface area contributed by atoms with Crippen molar-refractivity contribution in [2.45, 2.75) is 4.90 Å². The first-order valence-electron chi connectivity index (χ1n) is 4.18. The molecule has 0 unspecified atom stereocenters. The van der Waals surface area contributed by atoms with Gasteiger partial charge in [0.2, 0.25) is 9.84 Å². The molecule has 2 rings (SSSR count). The van der Waals surface area contributed by atoms with Crippen molar-refractivity contribution in [2.24, 2.45) is 0 Å². The number of benzene rings is 1. The van der Waals surface area contributed by atoms with Gasteiger partial charge < -0.3 is 5.11 Å². The average molecular weight is 240 g/mol. The first-order chi connectivity index (χ1) is 7.08. The topological polar surface area (TPSA) is 54.4 Å². The third-order valence-corrected chi connectivity index (χ3v) is 4.83. The smallest absolute Gasteiger partial charge is 0.206 e. The molecule has 15 heavy (non-hydrogen) atoms. The molecule has 0 aliphatic carbocycles. The van der Waals surface area contributed by atoms with Crippen LogP contribution in [0.4, 0.5) is 0 Å². The monoisotopic (exact) mass is 240 g/mol. The number of thioether (sulfide) groups is 1. The SMILES string of the molecule is O=S1(=O)C=CC=C1Sc1ccc(O)cc1. The first-order valence-corrected chi connectivity index (χ1v) is 6.54. The van der Waals surface area contributed by atoms with E-state index in [1.54, 1.807) is 18.2 Å². The third-order valence-electron chi connectivity index (χ3n) is 1.83. The van der Waals surface area contributed by atoms with E-state index >= 15 is 0 Å². The second kappa shape index (κ2) is 3.75. The highest BCUT2D eigenvalue weighted by atomic mass is 32.3. The Kier molecular flexibility index (Phi) is 2.58. The van der Waals surface area contributed by atoms with Gasteiger partial charge in [-0.3, -0.25) is 0 Å². The van der Waals surface area contributed by atoms with Gasteiger partial charge in [0.25, 0.3) is 0 Å². The molecule has 0 spiro atoms. The maximum absolute atomic E-state index is 11.4. The van der Waals surface area contributed by atoms with Gasteiger partial charge in [0, 0.05) is 10.3 Å². The van der Waals surface area contributed by atoms with Crippen LogP contribution in [0.25, 0.3) is 0 Å². The summed E-state index contributed by atoms with van der Waals surface area (Å²) in [6.45, 7) is 0. The van der Waals surface area contributed by atoms with E-state index in [1.165, 1.54) is 35.4 Å². The first kappa shape index (κ1) is 10.3. The molecule has 1 N–H and O–H groups in total. The zero-order chi connectivity index (χ0) is 10.9. The Labute approximate surface area is 92.0 Å². The second-order valence-corrected chi connectivity index (χ2v) is 6.13. The fraction of sp³-hybridized carbons (Fsp3) is 0. The van der Waals surface area contributed by atoms with Gasteiger partial charge in [0.05, 0.1) is 0 Å². The van der Waals surface area contributed by atoms with Crippen LogP contribution >= 0.6 is 11.8 Å². The standard InChI is InChI=1S/C10H8O3S2/c11-8-3-5-9(6-4-8)14-10-2-1-7-15(10,12)13/h1-7,11H. The zero-order valence-electron chi connectivity index (χ0n) is 7.62. The van der Waals surface area contributed by atoms with Crippen LogP contribution in [0, 0.1) is 0 Å². The lowest BCUT2D eigenvalue weighted by Crippen LogP contribution is -1.91. The Balaban J connectivity index is 2.21. The van der Waals surface area contributed by atoms with E-state index in [0.29, 0.717) is 4.24 Å². The van der Waals surface area contributed by atoms with Gasteiger partial charge in [-0.15, -0.1) is 0 Å². The molecule has 5 heteroatoms. The summed E-state index contributed by atoms with van der Waals surface area (Å²) in [6, 6.07) is 6.40. The van der Waals surface area contributed by atoms with E-state index in [1.807, 2.05) is 0 Å². The van der Waals surface area contributed by atoms with Crippen molar-refractivity contribution in [1.29, 1.82) is 0 Å². The highest BCUT2D eigenvalue weighted by molar-refractivity contribution is 8.19.